The van der Waals surface area contributed by atoms with Crippen LogP contribution in [0.1, 0.15) is 0 Å². The fraction of sp³-hybridized carbons (Fsp3) is 0.111. The molecule has 76 valence electrons. The van der Waals surface area contributed by atoms with Gasteiger partial charge >= 0.3 is 17.1 Å². The number of ether oxygens (including phenoxy) is 1. The van der Waals surface area contributed by atoms with Crippen LogP contribution in [0.15, 0.2) is 24.3 Å². The molecule has 0 aliphatic carbocycles. The first-order valence-corrected chi connectivity index (χ1v) is 3.51. The molecule has 1 rings (SSSR count). The zero-order valence-electron chi connectivity index (χ0n) is 6.99. The molecular weight excluding hydrogens is 234 g/mol. The van der Waals surface area contributed by atoms with Crippen LogP contribution in [-0.4, -0.2) is 11.5 Å². The third kappa shape index (κ3) is 3.48. The van der Waals surface area contributed by atoms with E-state index in [1.807, 2.05) is 5.92 Å². The number of hydrogen-bond acceptors (Lipinski definition) is 3. The fourth-order valence-corrected chi connectivity index (χ4v) is 0.783. The molecule has 0 radical (unpaired) electrons. The molecule has 0 amide bonds. The van der Waals surface area contributed by atoms with Gasteiger partial charge in [-0.25, -0.2) is 0 Å². The molecule has 0 spiro atoms. The smallest absolute Gasteiger partial charge is 0.690 e. The molecule has 14 heavy (non-hydrogen) atoms. The molecule has 0 atom stereocenters. The summed E-state index contributed by atoms with van der Waals surface area (Å²) in [6, 6.07) is 5.66. The second-order valence-corrected chi connectivity index (χ2v) is 2.22. The zero-order valence-corrected chi connectivity index (χ0v) is 7.93. The molecule has 5 heteroatoms. The van der Waals surface area contributed by atoms with Crippen LogP contribution < -0.4 is 4.74 Å². The van der Waals surface area contributed by atoms with E-state index >= 15 is 0 Å². The van der Waals surface area contributed by atoms with Gasteiger partial charge in [0.25, 0.3) is 5.69 Å². The van der Waals surface area contributed by atoms with Gasteiger partial charge in [-0.1, -0.05) is 0 Å². The number of nitro benzene ring substituents is 1. The summed E-state index contributed by atoms with van der Waals surface area (Å²) in [6.07, 6.45) is 6.58. The fourth-order valence-electron chi connectivity index (χ4n) is 0.783. The number of hydrogen-bond donors (Lipinski definition) is 0. The summed E-state index contributed by atoms with van der Waals surface area (Å²) in [7, 11) is 0. The molecule has 0 heterocycles. The van der Waals surface area contributed by atoms with Crippen LogP contribution in [0.25, 0.3) is 0 Å². The monoisotopic (exact) mass is 239 g/mol. The predicted molar refractivity (Wildman–Crippen MR) is 45.7 cm³/mol. The Morgan fingerprint density at radius 3 is 2.43 bits per heavy atom. The van der Waals surface area contributed by atoms with E-state index in [0.717, 1.165) is 0 Å². The van der Waals surface area contributed by atoms with Gasteiger partial charge in [0.2, 0.25) is 0 Å². The molecule has 0 aliphatic heterocycles. The second kappa shape index (κ2) is 6.03. The van der Waals surface area contributed by atoms with E-state index in [0.29, 0.717) is 5.75 Å². The normalized spacial score (nSPS) is 8.21. The molecule has 0 bridgehead atoms. The van der Waals surface area contributed by atoms with Gasteiger partial charge in [0, 0.05) is 12.1 Å². The van der Waals surface area contributed by atoms with Crippen molar-refractivity contribution in [1.82, 2.24) is 0 Å². The van der Waals surface area contributed by atoms with Crippen molar-refractivity contribution in [2.75, 3.05) is 6.61 Å². The molecular formula is C9H6CuNO3. The second-order valence-electron chi connectivity index (χ2n) is 2.22. The molecule has 4 nitrogen and oxygen atoms in total. The van der Waals surface area contributed by atoms with Gasteiger partial charge in [0.1, 0.15) is 12.4 Å². The summed E-state index contributed by atoms with van der Waals surface area (Å²) < 4.78 is 4.97. The minimum atomic E-state index is -0.480. The quantitative estimate of drug-likeness (QED) is 0.264. The summed E-state index contributed by atoms with van der Waals surface area (Å²) >= 11 is 0. The average molecular weight is 240 g/mol. The van der Waals surface area contributed by atoms with Crippen LogP contribution in [0, 0.1) is 22.5 Å². The Hall–Kier alpha value is -1.50. The van der Waals surface area contributed by atoms with Crippen LogP contribution in [-0.2, 0) is 17.1 Å². The van der Waals surface area contributed by atoms with Crippen molar-refractivity contribution in [1.29, 1.82) is 0 Å². The summed E-state index contributed by atoms with van der Waals surface area (Å²) in [4.78, 5) is 9.77. The number of non-ortho nitro benzene ring substituents is 1. The Morgan fingerprint density at radius 1 is 1.43 bits per heavy atom. The minimum Gasteiger partial charge on any atom is -0.690 e. The molecule has 1 aromatic carbocycles. The SMILES string of the molecule is [C-]#CCOc1ccc([N+](=O)[O-])cc1.[Cu+]. The first kappa shape index (κ1) is 12.5. The molecule has 0 saturated carbocycles. The van der Waals surface area contributed by atoms with Gasteiger partial charge in [0.15, 0.2) is 0 Å². The molecule has 0 aromatic heterocycles. The molecule has 1 aromatic rings. The van der Waals surface area contributed by atoms with Gasteiger partial charge < -0.3 is 17.1 Å². The zero-order chi connectivity index (χ0) is 9.68. The van der Waals surface area contributed by atoms with E-state index in [1.54, 1.807) is 0 Å². The molecule has 0 saturated heterocycles. The van der Waals surface area contributed by atoms with Crippen molar-refractivity contribution in [3.63, 3.8) is 0 Å². The van der Waals surface area contributed by atoms with E-state index in [-0.39, 0.29) is 29.4 Å². The Bertz CT molecular complexity index is 342. The van der Waals surface area contributed by atoms with E-state index in [9.17, 15) is 10.1 Å². The van der Waals surface area contributed by atoms with Crippen molar-refractivity contribution in [3.05, 3.63) is 40.8 Å². The standard InChI is InChI=1S/C9H6NO3.Cu/c1-2-7-13-9-5-3-8(4-6-9)10(11)12;/h3-6H,7H2;/q-1;+1. The van der Waals surface area contributed by atoms with Crippen molar-refractivity contribution >= 4 is 5.69 Å². The van der Waals surface area contributed by atoms with Crippen molar-refractivity contribution in [2.24, 2.45) is 0 Å². The maximum Gasteiger partial charge on any atom is 1.00 e. The van der Waals surface area contributed by atoms with Gasteiger partial charge in [0.05, 0.1) is 4.92 Å². The topological polar surface area (TPSA) is 52.4 Å². The molecule has 0 fully saturated rings. The third-order valence-corrected chi connectivity index (χ3v) is 1.36. The van der Waals surface area contributed by atoms with Gasteiger partial charge in [-0.2, -0.15) is 0 Å². The Morgan fingerprint density at radius 2 is 2.00 bits per heavy atom. The Labute approximate surface area is 91.9 Å². The maximum absolute atomic E-state index is 10.2. The molecule has 0 unspecified atom stereocenters. The van der Waals surface area contributed by atoms with E-state index in [4.69, 9.17) is 11.2 Å². The van der Waals surface area contributed by atoms with Crippen LogP contribution in [0.2, 0.25) is 0 Å². The Kier molecular flexibility index (Phi) is 5.38. The van der Waals surface area contributed by atoms with E-state index in [1.165, 1.54) is 24.3 Å². The first-order chi connectivity index (χ1) is 6.24. The van der Waals surface area contributed by atoms with Gasteiger partial charge in [-0.05, 0) is 12.1 Å². The van der Waals surface area contributed by atoms with E-state index in [2.05, 4.69) is 0 Å². The van der Waals surface area contributed by atoms with Crippen molar-refractivity contribution in [2.45, 2.75) is 0 Å². The summed E-state index contributed by atoms with van der Waals surface area (Å²) in [5.41, 5.74) is 0.0196. The maximum atomic E-state index is 10.2. The van der Waals surface area contributed by atoms with E-state index < -0.39 is 4.92 Å². The summed E-state index contributed by atoms with van der Waals surface area (Å²) in [6.45, 7) is 0.0534. The Balaban J connectivity index is 0.00000169. The van der Waals surface area contributed by atoms with Crippen LogP contribution in [0.4, 0.5) is 5.69 Å². The van der Waals surface area contributed by atoms with Gasteiger partial charge in [-0.15, -0.1) is 0 Å². The van der Waals surface area contributed by atoms with Crippen molar-refractivity contribution < 1.29 is 26.7 Å². The number of benzene rings is 1. The third-order valence-electron chi connectivity index (χ3n) is 1.36. The van der Waals surface area contributed by atoms with Crippen LogP contribution in [0.5, 0.6) is 5.75 Å². The summed E-state index contributed by atoms with van der Waals surface area (Å²) in [5.74, 6) is 2.54. The minimum absolute atomic E-state index is 0. The molecule has 0 aliphatic rings. The van der Waals surface area contributed by atoms with Crippen molar-refractivity contribution in [3.8, 4) is 11.7 Å². The average Bonchev–Trinajstić information content (AvgIpc) is 2.15. The summed E-state index contributed by atoms with van der Waals surface area (Å²) in [5, 5.41) is 10.2. The largest absolute Gasteiger partial charge is 1.00 e. The number of nitro groups is 1. The van der Waals surface area contributed by atoms with Crippen LogP contribution >= 0.6 is 0 Å². The predicted octanol–water partition coefficient (Wildman–Crippen LogP) is 1.56. The molecule has 0 N–H and O–H groups in total. The number of rotatable bonds is 3. The van der Waals surface area contributed by atoms with Gasteiger partial charge in [-0.3, -0.25) is 10.1 Å². The first-order valence-electron chi connectivity index (χ1n) is 3.51. The van der Waals surface area contributed by atoms with Crippen LogP contribution in [0.3, 0.4) is 0 Å². The number of nitrogens with zero attached hydrogens (tertiary/aromatic N) is 1.